The molecule has 40 heavy (non-hydrogen) atoms. The Morgan fingerprint density at radius 2 is 1.77 bits per heavy atom. The van der Waals surface area contributed by atoms with E-state index < -0.39 is 0 Å². The zero-order chi connectivity index (χ0) is 27.6. The second-order valence-electron chi connectivity index (χ2n) is 9.51. The summed E-state index contributed by atoms with van der Waals surface area (Å²) in [5, 5.41) is 3.55. The van der Waals surface area contributed by atoms with Gasteiger partial charge in [0.15, 0.2) is 0 Å². The van der Waals surface area contributed by atoms with E-state index in [4.69, 9.17) is 4.98 Å². The molecule has 0 bridgehead atoms. The van der Waals surface area contributed by atoms with Crippen molar-refractivity contribution in [3.05, 3.63) is 115 Å². The summed E-state index contributed by atoms with van der Waals surface area (Å²) in [6, 6.07) is 23.7. The van der Waals surface area contributed by atoms with Gasteiger partial charge in [0.05, 0.1) is 32.7 Å². The summed E-state index contributed by atoms with van der Waals surface area (Å²) in [6.45, 7) is 8.00. The van der Waals surface area contributed by atoms with Crippen molar-refractivity contribution >= 4 is 71.1 Å². The van der Waals surface area contributed by atoms with Crippen molar-refractivity contribution in [2.45, 2.75) is 20.3 Å². The van der Waals surface area contributed by atoms with Crippen molar-refractivity contribution in [3.8, 4) is 5.69 Å². The van der Waals surface area contributed by atoms with Crippen molar-refractivity contribution < 1.29 is 0 Å². The second kappa shape index (κ2) is 10.9. The van der Waals surface area contributed by atoms with Gasteiger partial charge in [-0.2, -0.15) is 0 Å². The standard InChI is InChI=1S/C35H30N4S/c1-5-8-16-29(36-4)23-19-24(30(13-6-2)37-7-3)21-25(20-23)39-31-17-11-9-15-27(31)33-34(39)35-28(22-38-33)26-14-10-12-18-32(26)40-35/h6-22H,2,5H2,1,3-4H3/b16-8-,30-13-,36-29?,37-7?. The maximum atomic E-state index is 5.04. The molecule has 6 aromatic rings. The minimum atomic E-state index is 0.849. The van der Waals surface area contributed by atoms with Crippen LogP contribution in [0.5, 0.6) is 0 Å². The monoisotopic (exact) mass is 538 g/mol. The highest BCUT2D eigenvalue weighted by atomic mass is 32.1. The Labute approximate surface area is 238 Å². The number of hydrogen-bond donors (Lipinski definition) is 0. The van der Waals surface area contributed by atoms with Crippen LogP contribution in [0.15, 0.2) is 114 Å². The normalized spacial score (nSPS) is 13.2. The van der Waals surface area contributed by atoms with E-state index in [9.17, 15) is 0 Å². The third kappa shape index (κ3) is 4.29. The fraction of sp³-hybridized carbons (Fsp3) is 0.114. The van der Waals surface area contributed by atoms with Crippen LogP contribution in [0.4, 0.5) is 0 Å². The van der Waals surface area contributed by atoms with E-state index in [-0.39, 0.29) is 0 Å². The number of aliphatic imine (C=N–C) groups is 2. The lowest BCUT2D eigenvalue weighted by molar-refractivity contribution is 1.18. The molecule has 3 aromatic heterocycles. The maximum Gasteiger partial charge on any atom is 0.0978 e. The van der Waals surface area contributed by atoms with Gasteiger partial charge in [0.2, 0.25) is 0 Å². The number of allylic oxidation sites excluding steroid dienone is 4. The summed E-state index contributed by atoms with van der Waals surface area (Å²) in [6.07, 6.45) is 12.8. The first-order valence-corrected chi connectivity index (χ1v) is 14.3. The largest absolute Gasteiger partial charge is 0.306 e. The van der Waals surface area contributed by atoms with Crippen LogP contribution in [0.25, 0.3) is 53.5 Å². The summed E-state index contributed by atoms with van der Waals surface area (Å²) < 4.78 is 4.86. The number of para-hydroxylation sites is 1. The molecule has 0 saturated carbocycles. The molecule has 0 atom stereocenters. The quantitative estimate of drug-likeness (QED) is 0.147. The number of fused-ring (bicyclic) bond motifs is 7. The topological polar surface area (TPSA) is 42.5 Å². The molecule has 0 aliphatic carbocycles. The lowest BCUT2D eigenvalue weighted by Crippen LogP contribution is -2.03. The molecule has 0 aliphatic rings. The van der Waals surface area contributed by atoms with Gasteiger partial charge in [-0.05, 0) is 55.8 Å². The molecule has 0 amide bonds. The van der Waals surface area contributed by atoms with E-state index >= 15 is 0 Å². The first-order chi connectivity index (χ1) is 19.7. The fourth-order valence-electron chi connectivity index (χ4n) is 5.36. The molecular weight excluding hydrogens is 508 g/mol. The zero-order valence-electron chi connectivity index (χ0n) is 22.9. The van der Waals surface area contributed by atoms with Crippen molar-refractivity contribution in [1.29, 1.82) is 0 Å². The van der Waals surface area contributed by atoms with Gasteiger partial charge >= 0.3 is 0 Å². The summed E-state index contributed by atoms with van der Waals surface area (Å²) >= 11 is 1.82. The molecule has 5 heteroatoms. The minimum absolute atomic E-state index is 0.849. The number of hydrogen-bond acceptors (Lipinski definition) is 4. The molecule has 0 radical (unpaired) electrons. The van der Waals surface area contributed by atoms with Gasteiger partial charge in [0.1, 0.15) is 0 Å². The third-order valence-electron chi connectivity index (χ3n) is 7.08. The smallest absolute Gasteiger partial charge is 0.0978 e. The molecule has 3 aromatic carbocycles. The van der Waals surface area contributed by atoms with Crippen LogP contribution >= 0.6 is 11.3 Å². The van der Waals surface area contributed by atoms with Crippen LogP contribution in [0.2, 0.25) is 0 Å². The molecule has 0 N–H and O–H groups in total. The number of pyridine rings is 1. The Morgan fingerprint density at radius 3 is 2.55 bits per heavy atom. The molecule has 196 valence electrons. The number of rotatable bonds is 7. The van der Waals surface area contributed by atoms with Gasteiger partial charge in [-0.1, -0.05) is 62.1 Å². The summed E-state index contributed by atoms with van der Waals surface area (Å²) in [5.41, 5.74) is 8.09. The van der Waals surface area contributed by atoms with Crippen LogP contribution < -0.4 is 0 Å². The summed E-state index contributed by atoms with van der Waals surface area (Å²) in [5.74, 6) is 0. The van der Waals surface area contributed by atoms with Crippen LogP contribution in [0.3, 0.4) is 0 Å². The lowest BCUT2D eigenvalue weighted by atomic mass is 10.0. The molecule has 0 spiro atoms. The van der Waals surface area contributed by atoms with Crippen LogP contribution in [0, 0.1) is 0 Å². The fourth-order valence-corrected chi connectivity index (χ4v) is 6.57. The highest BCUT2D eigenvalue weighted by molar-refractivity contribution is 7.26. The number of benzene rings is 3. The van der Waals surface area contributed by atoms with Crippen molar-refractivity contribution in [2.24, 2.45) is 9.98 Å². The average molecular weight is 539 g/mol. The van der Waals surface area contributed by atoms with Crippen molar-refractivity contribution in [2.75, 3.05) is 7.05 Å². The molecule has 0 unspecified atom stereocenters. The number of nitrogens with zero attached hydrogens (tertiary/aromatic N) is 4. The van der Waals surface area contributed by atoms with Gasteiger partial charge < -0.3 is 4.57 Å². The highest BCUT2D eigenvalue weighted by Crippen LogP contribution is 2.42. The molecular formula is C35H30N4S. The number of aromatic nitrogens is 2. The predicted molar refractivity (Wildman–Crippen MR) is 176 cm³/mol. The highest BCUT2D eigenvalue weighted by Gasteiger charge is 2.20. The number of thiophene rings is 1. The van der Waals surface area contributed by atoms with E-state index in [0.717, 1.165) is 56.6 Å². The minimum Gasteiger partial charge on any atom is -0.306 e. The van der Waals surface area contributed by atoms with E-state index in [0.29, 0.717) is 0 Å². The van der Waals surface area contributed by atoms with E-state index in [1.807, 2.05) is 43.8 Å². The molecule has 4 nitrogen and oxygen atoms in total. The van der Waals surface area contributed by atoms with Gasteiger partial charge in [0.25, 0.3) is 0 Å². The van der Waals surface area contributed by atoms with Crippen LogP contribution in [0.1, 0.15) is 31.4 Å². The lowest BCUT2D eigenvalue weighted by Gasteiger charge is -2.14. The zero-order valence-corrected chi connectivity index (χ0v) is 23.7. The van der Waals surface area contributed by atoms with E-state index in [2.05, 4.69) is 107 Å². The Kier molecular flexibility index (Phi) is 6.97. The molecule has 6 rings (SSSR count). The first-order valence-electron chi connectivity index (χ1n) is 13.5. The first kappa shape index (κ1) is 25.7. The second-order valence-corrected chi connectivity index (χ2v) is 10.6. The van der Waals surface area contributed by atoms with Gasteiger partial charge in [-0.15, -0.1) is 11.3 Å². The van der Waals surface area contributed by atoms with Gasteiger partial charge in [-0.25, -0.2) is 0 Å². The Morgan fingerprint density at radius 1 is 1.00 bits per heavy atom. The van der Waals surface area contributed by atoms with E-state index in [1.54, 1.807) is 6.08 Å². The van der Waals surface area contributed by atoms with E-state index in [1.165, 1.54) is 20.2 Å². The van der Waals surface area contributed by atoms with Gasteiger partial charge in [-0.3, -0.25) is 15.0 Å². The van der Waals surface area contributed by atoms with Crippen molar-refractivity contribution in [1.82, 2.24) is 9.55 Å². The SMILES string of the molecule is C=C/C=C(\N=CC)c1cc(C(/C=C\CC)=NC)cc(-n2c3ccccc3c3ncc4c5ccccc5sc4c32)c1. The maximum absolute atomic E-state index is 5.04. The average Bonchev–Trinajstić information content (AvgIpc) is 3.53. The van der Waals surface area contributed by atoms with Gasteiger partial charge in [0, 0.05) is 57.1 Å². The summed E-state index contributed by atoms with van der Waals surface area (Å²) in [4.78, 5) is 14.4. The Hall–Kier alpha value is -4.61. The Balaban J connectivity index is 1.76. The molecule has 0 saturated heterocycles. The van der Waals surface area contributed by atoms with Crippen LogP contribution in [-0.4, -0.2) is 28.5 Å². The van der Waals surface area contributed by atoms with Crippen LogP contribution in [-0.2, 0) is 0 Å². The molecule has 0 fully saturated rings. The summed E-state index contributed by atoms with van der Waals surface area (Å²) in [7, 11) is 1.84. The third-order valence-corrected chi connectivity index (χ3v) is 8.28. The van der Waals surface area contributed by atoms with Crippen molar-refractivity contribution in [3.63, 3.8) is 0 Å². The molecule has 0 aliphatic heterocycles. The molecule has 3 heterocycles. The predicted octanol–water partition coefficient (Wildman–Crippen LogP) is 9.55. The Bertz CT molecular complexity index is 2030.